The van der Waals surface area contributed by atoms with Crippen LogP contribution in [0.4, 0.5) is 17.3 Å². The summed E-state index contributed by atoms with van der Waals surface area (Å²) in [6, 6.07) is 9.54. The number of aryl methyl sites for hydroxylation is 1. The predicted octanol–water partition coefficient (Wildman–Crippen LogP) is 3.53. The number of nitrogens with one attached hydrogen (secondary N) is 1. The summed E-state index contributed by atoms with van der Waals surface area (Å²) in [5, 5.41) is 4.03. The van der Waals surface area contributed by atoms with Crippen LogP contribution >= 0.6 is 11.6 Å². The molecule has 2 fully saturated rings. The summed E-state index contributed by atoms with van der Waals surface area (Å²) in [7, 11) is 0. The molecular weight excluding hydrogens is 340 g/mol. The van der Waals surface area contributed by atoms with Crippen LogP contribution in [0.1, 0.15) is 18.7 Å². The van der Waals surface area contributed by atoms with Crippen molar-refractivity contribution in [2.24, 2.45) is 0 Å². The zero-order valence-electron chi connectivity index (χ0n) is 14.2. The minimum atomic E-state index is -0.372. The Balaban J connectivity index is 1.49. The van der Waals surface area contributed by atoms with Gasteiger partial charge in [-0.3, -0.25) is 0 Å². The average molecular weight is 361 g/mol. The molecule has 0 saturated carbocycles. The summed E-state index contributed by atoms with van der Waals surface area (Å²) in [5.41, 5.74) is 0.943. The van der Waals surface area contributed by atoms with E-state index >= 15 is 0 Å². The van der Waals surface area contributed by atoms with Crippen molar-refractivity contribution in [1.29, 1.82) is 0 Å². The summed E-state index contributed by atoms with van der Waals surface area (Å²) in [5.74, 6) is 2.07. The SMILES string of the molecule is Cc1nc(Nc2ccc(Cl)cc2)cc(N2CCC3(CC2)OCCO3)n1. The average Bonchev–Trinajstić information content (AvgIpc) is 3.05. The van der Waals surface area contributed by atoms with Crippen LogP contribution in [0.15, 0.2) is 30.3 Å². The van der Waals surface area contributed by atoms with Crippen LogP contribution in [0.25, 0.3) is 0 Å². The molecule has 2 aliphatic rings. The third-order valence-electron chi connectivity index (χ3n) is 4.60. The smallest absolute Gasteiger partial charge is 0.171 e. The number of aromatic nitrogens is 2. The van der Waals surface area contributed by atoms with E-state index in [0.29, 0.717) is 18.2 Å². The highest BCUT2D eigenvalue weighted by molar-refractivity contribution is 6.30. The molecule has 2 aliphatic heterocycles. The van der Waals surface area contributed by atoms with Crippen molar-refractivity contribution >= 4 is 28.9 Å². The number of rotatable bonds is 3. The summed E-state index contributed by atoms with van der Waals surface area (Å²) in [6.45, 7) is 5.02. The van der Waals surface area contributed by atoms with Gasteiger partial charge in [-0.25, -0.2) is 9.97 Å². The van der Waals surface area contributed by atoms with Crippen molar-refractivity contribution in [3.8, 4) is 0 Å². The van der Waals surface area contributed by atoms with E-state index in [-0.39, 0.29) is 5.79 Å². The molecule has 1 spiro atoms. The summed E-state index contributed by atoms with van der Waals surface area (Å²) in [6.07, 6.45) is 1.71. The second-order valence-corrected chi connectivity index (χ2v) is 6.82. The molecule has 0 atom stereocenters. The first kappa shape index (κ1) is 16.6. The van der Waals surface area contributed by atoms with Gasteiger partial charge in [0.25, 0.3) is 0 Å². The van der Waals surface area contributed by atoms with Crippen LogP contribution in [0, 0.1) is 6.92 Å². The van der Waals surface area contributed by atoms with Crippen LogP contribution < -0.4 is 10.2 Å². The van der Waals surface area contributed by atoms with E-state index in [1.807, 2.05) is 37.3 Å². The lowest BCUT2D eigenvalue weighted by molar-refractivity contribution is -0.169. The van der Waals surface area contributed by atoms with Gasteiger partial charge in [-0.05, 0) is 31.2 Å². The standard InChI is InChI=1S/C18H21ClN4O2/c1-13-20-16(22-15-4-2-14(19)3-5-15)12-17(21-13)23-8-6-18(7-9-23)24-10-11-25-18/h2-5,12H,6-11H2,1H3,(H,20,21,22). The molecule has 6 nitrogen and oxygen atoms in total. The zero-order chi connectivity index (χ0) is 17.3. The van der Waals surface area contributed by atoms with Gasteiger partial charge in [-0.2, -0.15) is 0 Å². The Morgan fingerprint density at radius 2 is 1.76 bits per heavy atom. The molecule has 1 aromatic carbocycles. The molecule has 2 aromatic rings. The van der Waals surface area contributed by atoms with Gasteiger partial charge in [0.05, 0.1) is 13.2 Å². The molecule has 4 rings (SSSR count). The molecule has 1 N–H and O–H groups in total. The van der Waals surface area contributed by atoms with Gasteiger partial charge < -0.3 is 19.7 Å². The van der Waals surface area contributed by atoms with Crippen LogP contribution in [0.5, 0.6) is 0 Å². The molecule has 0 unspecified atom stereocenters. The lowest BCUT2D eigenvalue weighted by Crippen LogP contribution is -2.45. The Morgan fingerprint density at radius 3 is 2.44 bits per heavy atom. The van der Waals surface area contributed by atoms with Crippen LogP contribution in [0.3, 0.4) is 0 Å². The first-order valence-electron chi connectivity index (χ1n) is 8.53. The number of benzene rings is 1. The fraction of sp³-hybridized carbons (Fsp3) is 0.444. The van der Waals surface area contributed by atoms with Crippen LogP contribution in [-0.4, -0.2) is 42.1 Å². The van der Waals surface area contributed by atoms with E-state index in [4.69, 9.17) is 21.1 Å². The van der Waals surface area contributed by atoms with Crippen molar-refractivity contribution in [3.05, 3.63) is 41.2 Å². The number of hydrogen-bond acceptors (Lipinski definition) is 6. The molecule has 7 heteroatoms. The number of ether oxygens (including phenoxy) is 2. The number of halogens is 1. The fourth-order valence-corrected chi connectivity index (χ4v) is 3.45. The Morgan fingerprint density at radius 1 is 1.08 bits per heavy atom. The van der Waals surface area contributed by atoms with Gasteiger partial charge in [0.15, 0.2) is 5.79 Å². The van der Waals surface area contributed by atoms with Crippen molar-refractivity contribution in [3.63, 3.8) is 0 Å². The van der Waals surface area contributed by atoms with Crippen LogP contribution in [0.2, 0.25) is 5.02 Å². The third-order valence-corrected chi connectivity index (χ3v) is 4.86. The largest absolute Gasteiger partial charge is 0.356 e. The van der Waals surface area contributed by atoms with E-state index < -0.39 is 0 Å². The second-order valence-electron chi connectivity index (χ2n) is 6.39. The molecule has 0 radical (unpaired) electrons. The Hall–Kier alpha value is -1.89. The molecule has 0 aliphatic carbocycles. The summed E-state index contributed by atoms with van der Waals surface area (Å²) < 4.78 is 11.6. The van der Waals surface area contributed by atoms with Crippen LogP contribution in [-0.2, 0) is 9.47 Å². The molecule has 132 valence electrons. The Bertz CT molecular complexity index is 737. The lowest BCUT2D eigenvalue weighted by Gasteiger charge is -2.38. The molecule has 0 amide bonds. The number of hydrogen-bond donors (Lipinski definition) is 1. The van der Waals surface area contributed by atoms with E-state index in [1.54, 1.807) is 0 Å². The molecule has 1 aromatic heterocycles. The van der Waals surface area contributed by atoms with E-state index in [2.05, 4.69) is 20.2 Å². The van der Waals surface area contributed by atoms with Gasteiger partial charge in [0.1, 0.15) is 17.5 Å². The van der Waals surface area contributed by atoms with E-state index in [0.717, 1.165) is 49.1 Å². The molecule has 25 heavy (non-hydrogen) atoms. The van der Waals surface area contributed by atoms with Gasteiger partial charge >= 0.3 is 0 Å². The topological polar surface area (TPSA) is 59.5 Å². The highest BCUT2D eigenvalue weighted by Crippen LogP contribution is 2.33. The van der Waals surface area contributed by atoms with Crippen molar-refractivity contribution < 1.29 is 9.47 Å². The molecular formula is C18H21ClN4O2. The van der Waals surface area contributed by atoms with Gasteiger partial charge in [0, 0.05) is 42.7 Å². The molecule has 3 heterocycles. The third kappa shape index (κ3) is 3.71. The van der Waals surface area contributed by atoms with E-state index in [9.17, 15) is 0 Å². The second kappa shape index (κ2) is 6.78. The van der Waals surface area contributed by atoms with Gasteiger partial charge in [0.2, 0.25) is 0 Å². The molecule has 0 bridgehead atoms. The summed E-state index contributed by atoms with van der Waals surface area (Å²) in [4.78, 5) is 11.3. The fourth-order valence-electron chi connectivity index (χ4n) is 3.32. The highest BCUT2D eigenvalue weighted by atomic mass is 35.5. The quantitative estimate of drug-likeness (QED) is 0.903. The predicted molar refractivity (Wildman–Crippen MR) is 97.6 cm³/mol. The highest BCUT2D eigenvalue weighted by Gasteiger charge is 2.40. The van der Waals surface area contributed by atoms with Crippen molar-refractivity contribution in [2.45, 2.75) is 25.6 Å². The minimum Gasteiger partial charge on any atom is -0.356 e. The van der Waals surface area contributed by atoms with Gasteiger partial charge in [-0.15, -0.1) is 0 Å². The monoisotopic (exact) mass is 360 g/mol. The molecule has 2 saturated heterocycles. The normalized spacial score (nSPS) is 19.4. The van der Waals surface area contributed by atoms with Crippen molar-refractivity contribution in [2.75, 3.05) is 36.5 Å². The number of anilines is 3. The van der Waals surface area contributed by atoms with Crippen molar-refractivity contribution in [1.82, 2.24) is 9.97 Å². The maximum absolute atomic E-state index is 5.94. The lowest BCUT2D eigenvalue weighted by atomic mass is 10.0. The van der Waals surface area contributed by atoms with Gasteiger partial charge in [-0.1, -0.05) is 11.6 Å². The number of piperidine rings is 1. The Kier molecular flexibility index (Phi) is 4.50. The summed E-state index contributed by atoms with van der Waals surface area (Å²) >= 11 is 5.94. The Labute approximate surface area is 152 Å². The maximum atomic E-state index is 5.94. The number of nitrogens with zero attached hydrogens (tertiary/aromatic N) is 3. The van der Waals surface area contributed by atoms with E-state index in [1.165, 1.54) is 0 Å². The minimum absolute atomic E-state index is 0.372. The first-order valence-corrected chi connectivity index (χ1v) is 8.91. The first-order chi connectivity index (χ1) is 12.1. The zero-order valence-corrected chi connectivity index (χ0v) is 14.9. The maximum Gasteiger partial charge on any atom is 0.171 e.